The average Bonchev–Trinajstić information content (AvgIpc) is 3.22. The lowest BCUT2D eigenvalue weighted by atomic mass is 9.88. The number of hydrogen-bond donors (Lipinski definition) is 3. The number of fused-ring (bicyclic) bond motifs is 1. The third kappa shape index (κ3) is 5.29. The molecule has 2 heterocycles. The maximum atomic E-state index is 12.8. The Kier molecular flexibility index (Phi) is 6.88. The highest BCUT2D eigenvalue weighted by atomic mass is 32.2. The summed E-state index contributed by atoms with van der Waals surface area (Å²) >= 11 is 0. The number of nitrogens with one attached hydrogen (secondary N) is 3. The van der Waals surface area contributed by atoms with Crippen molar-refractivity contribution in [3.05, 3.63) is 60.3 Å². The van der Waals surface area contributed by atoms with Gasteiger partial charge in [-0.2, -0.15) is 0 Å². The van der Waals surface area contributed by atoms with Crippen LogP contribution in [0.15, 0.2) is 59.6 Å². The molecule has 0 bridgehead atoms. The summed E-state index contributed by atoms with van der Waals surface area (Å²) in [5.41, 5.74) is 3.12. The van der Waals surface area contributed by atoms with Crippen molar-refractivity contribution >= 4 is 32.5 Å². The Morgan fingerprint density at radius 3 is 2.36 bits per heavy atom. The SMILES string of the molecule is CC(C)NS(=O)(=O)c1ccc(NC(=O)C(C)N2CCC(c3c[nH]c4ccccc34)CC2)cc1. The van der Waals surface area contributed by atoms with Crippen molar-refractivity contribution in [2.75, 3.05) is 18.4 Å². The van der Waals surface area contributed by atoms with Crippen molar-refractivity contribution in [2.45, 2.75) is 56.5 Å². The van der Waals surface area contributed by atoms with Crippen LogP contribution in [-0.4, -0.2) is 49.4 Å². The van der Waals surface area contributed by atoms with E-state index in [0.29, 0.717) is 11.6 Å². The first kappa shape index (κ1) is 23.5. The third-order valence-corrected chi connectivity index (χ3v) is 8.02. The van der Waals surface area contributed by atoms with Crippen LogP contribution in [0.3, 0.4) is 0 Å². The fourth-order valence-electron chi connectivity index (χ4n) is 4.54. The number of amides is 1. The number of rotatable bonds is 7. The number of hydrogen-bond acceptors (Lipinski definition) is 4. The number of H-pyrrole nitrogens is 1. The van der Waals surface area contributed by atoms with E-state index in [1.54, 1.807) is 26.0 Å². The molecule has 4 rings (SSSR count). The van der Waals surface area contributed by atoms with Crippen LogP contribution in [-0.2, 0) is 14.8 Å². The molecule has 1 aliphatic rings. The number of sulfonamides is 1. The molecule has 0 saturated carbocycles. The minimum Gasteiger partial charge on any atom is -0.361 e. The number of carbonyl (C=O) groups excluding carboxylic acids is 1. The standard InChI is InChI=1S/C25H32N4O3S/c1-17(2)28-33(31,32)21-10-8-20(9-11-21)27-25(30)18(3)29-14-12-19(13-15-29)23-16-26-24-7-5-4-6-22(23)24/h4-11,16-19,26,28H,12-15H2,1-3H3,(H,27,30). The molecule has 3 aromatic rings. The van der Waals surface area contributed by atoms with Crippen LogP contribution in [0.4, 0.5) is 5.69 Å². The van der Waals surface area contributed by atoms with Crippen molar-refractivity contribution < 1.29 is 13.2 Å². The molecule has 3 N–H and O–H groups in total. The molecule has 33 heavy (non-hydrogen) atoms. The van der Waals surface area contributed by atoms with Gasteiger partial charge >= 0.3 is 0 Å². The molecular formula is C25H32N4O3S. The van der Waals surface area contributed by atoms with Gasteiger partial charge in [0.1, 0.15) is 0 Å². The van der Waals surface area contributed by atoms with E-state index in [1.165, 1.54) is 28.6 Å². The molecular weight excluding hydrogens is 436 g/mol. The highest BCUT2D eigenvalue weighted by Gasteiger charge is 2.28. The number of benzene rings is 2. The number of carbonyl (C=O) groups is 1. The molecule has 1 aromatic heterocycles. The molecule has 0 spiro atoms. The Morgan fingerprint density at radius 1 is 1.03 bits per heavy atom. The summed E-state index contributed by atoms with van der Waals surface area (Å²) in [7, 11) is -3.55. The fourth-order valence-corrected chi connectivity index (χ4v) is 5.79. The van der Waals surface area contributed by atoms with E-state index in [2.05, 4.69) is 44.3 Å². The minimum atomic E-state index is -3.55. The van der Waals surface area contributed by atoms with Gasteiger partial charge in [-0.3, -0.25) is 9.69 Å². The summed E-state index contributed by atoms with van der Waals surface area (Å²) in [5, 5.41) is 4.21. The average molecular weight is 469 g/mol. The second-order valence-corrected chi connectivity index (χ2v) is 10.8. The van der Waals surface area contributed by atoms with E-state index in [1.807, 2.05) is 13.0 Å². The van der Waals surface area contributed by atoms with Gasteiger partial charge in [0.05, 0.1) is 10.9 Å². The molecule has 1 amide bonds. The zero-order valence-corrected chi connectivity index (χ0v) is 20.2. The normalized spacial score (nSPS) is 16.8. The van der Waals surface area contributed by atoms with E-state index in [0.717, 1.165) is 25.9 Å². The van der Waals surface area contributed by atoms with Gasteiger partial charge < -0.3 is 10.3 Å². The molecule has 1 atom stereocenters. The van der Waals surface area contributed by atoms with E-state index >= 15 is 0 Å². The van der Waals surface area contributed by atoms with Gasteiger partial charge in [0.25, 0.3) is 0 Å². The van der Waals surface area contributed by atoms with Gasteiger partial charge in [-0.1, -0.05) is 18.2 Å². The number of para-hydroxylation sites is 1. The van der Waals surface area contributed by atoms with Crippen LogP contribution in [0.25, 0.3) is 10.9 Å². The fraction of sp³-hybridized carbons (Fsp3) is 0.400. The number of nitrogens with zero attached hydrogens (tertiary/aromatic N) is 1. The van der Waals surface area contributed by atoms with Gasteiger partial charge in [0.15, 0.2) is 0 Å². The monoisotopic (exact) mass is 468 g/mol. The highest BCUT2D eigenvalue weighted by molar-refractivity contribution is 7.89. The van der Waals surface area contributed by atoms with E-state index in [-0.39, 0.29) is 22.9 Å². The second-order valence-electron chi connectivity index (χ2n) is 9.07. The van der Waals surface area contributed by atoms with Crippen molar-refractivity contribution in [1.29, 1.82) is 0 Å². The zero-order valence-electron chi connectivity index (χ0n) is 19.3. The van der Waals surface area contributed by atoms with E-state index in [4.69, 9.17) is 0 Å². The number of anilines is 1. The minimum absolute atomic E-state index is 0.0866. The third-order valence-electron chi connectivity index (χ3n) is 6.34. The van der Waals surface area contributed by atoms with Gasteiger partial charge in [-0.25, -0.2) is 13.1 Å². The summed E-state index contributed by atoms with van der Waals surface area (Å²) < 4.78 is 27.1. The maximum absolute atomic E-state index is 12.8. The molecule has 8 heteroatoms. The van der Waals surface area contributed by atoms with Crippen LogP contribution < -0.4 is 10.0 Å². The summed E-state index contributed by atoms with van der Waals surface area (Å²) in [5.74, 6) is 0.401. The Bertz CT molecular complexity index is 1210. The first-order valence-electron chi connectivity index (χ1n) is 11.5. The Balaban J connectivity index is 1.33. The Morgan fingerprint density at radius 2 is 1.70 bits per heavy atom. The smallest absolute Gasteiger partial charge is 0.241 e. The number of likely N-dealkylation sites (tertiary alicyclic amines) is 1. The van der Waals surface area contributed by atoms with Gasteiger partial charge in [0.2, 0.25) is 15.9 Å². The lowest BCUT2D eigenvalue weighted by Gasteiger charge is -2.35. The first-order valence-corrected chi connectivity index (χ1v) is 13.0. The maximum Gasteiger partial charge on any atom is 0.241 e. The summed E-state index contributed by atoms with van der Waals surface area (Å²) in [6, 6.07) is 14.2. The number of aromatic nitrogens is 1. The van der Waals surface area contributed by atoms with Crippen LogP contribution >= 0.6 is 0 Å². The quantitative estimate of drug-likeness (QED) is 0.487. The first-order chi connectivity index (χ1) is 15.7. The largest absolute Gasteiger partial charge is 0.361 e. The second kappa shape index (κ2) is 9.67. The molecule has 1 fully saturated rings. The highest BCUT2D eigenvalue weighted by Crippen LogP contribution is 2.33. The number of aromatic amines is 1. The van der Waals surface area contributed by atoms with Gasteiger partial charge in [-0.05, 0) is 88.5 Å². The topological polar surface area (TPSA) is 94.3 Å². The van der Waals surface area contributed by atoms with Crippen molar-refractivity contribution in [3.8, 4) is 0 Å². The molecule has 2 aromatic carbocycles. The summed E-state index contributed by atoms with van der Waals surface area (Å²) in [6.07, 6.45) is 4.14. The molecule has 176 valence electrons. The molecule has 0 aliphatic carbocycles. The molecule has 7 nitrogen and oxygen atoms in total. The van der Waals surface area contributed by atoms with Crippen LogP contribution in [0.5, 0.6) is 0 Å². The lowest BCUT2D eigenvalue weighted by molar-refractivity contribution is -0.121. The van der Waals surface area contributed by atoms with Crippen LogP contribution in [0, 0.1) is 0 Å². The Labute approximate surface area is 195 Å². The van der Waals surface area contributed by atoms with E-state index < -0.39 is 10.0 Å². The Hall–Kier alpha value is -2.68. The molecule has 1 saturated heterocycles. The number of piperidine rings is 1. The van der Waals surface area contributed by atoms with Crippen molar-refractivity contribution in [2.24, 2.45) is 0 Å². The van der Waals surface area contributed by atoms with E-state index in [9.17, 15) is 13.2 Å². The van der Waals surface area contributed by atoms with Crippen LogP contribution in [0.2, 0.25) is 0 Å². The summed E-state index contributed by atoms with van der Waals surface area (Å²) in [4.78, 5) is 18.6. The van der Waals surface area contributed by atoms with Gasteiger partial charge in [0, 0.05) is 28.8 Å². The molecule has 0 radical (unpaired) electrons. The molecule has 1 aliphatic heterocycles. The van der Waals surface area contributed by atoms with Crippen molar-refractivity contribution in [1.82, 2.24) is 14.6 Å². The predicted molar refractivity (Wildman–Crippen MR) is 132 cm³/mol. The van der Waals surface area contributed by atoms with Crippen LogP contribution in [0.1, 0.15) is 45.1 Å². The lowest BCUT2D eigenvalue weighted by Crippen LogP contribution is -2.45. The molecule has 1 unspecified atom stereocenters. The predicted octanol–water partition coefficient (Wildman–Crippen LogP) is 4.06. The zero-order chi connectivity index (χ0) is 23.6. The van der Waals surface area contributed by atoms with Crippen molar-refractivity contribution in [3.63, 3.8) is 0 Å². The van der Waals surface area contributed by atoms with Gasteiger partial charge in [-0.15, -0.1) is 0 Å². The summed E-state index contributed by atoms with van der Waals surface area (Å²) in [6.45, 7) is 7.19.